The average Bonchev–Trinajstić information content (AvgIpc) is 3.37. The maximum Gasteiger partial charge on any atom is 0.433 e. The number of halogens is 3. The van der Waals surface area contributed by atoms with Gasteiger partial charge in [0.05, 0.1) is 18.1 Å². The van der Waals surface area contributed by atoms with Crippen LogP contribution in [0.1, 0.15) is 57.1 Å². The van der Waals surface area contributed by atoms with Crippen LogP contribution in [0.2, 0.25) is 0 Å². The number of aromatic nitrogens is 4. The highest BCUT2D eigenvalue weighted by molar-refractivity contribution is 5.76. The molecule has 3 saturated carbocycles. The second-order valence-corrected chi connectivity index (χ2v) is 11.1. The third kappa shape index (κ3) is 4.61. The van der Waals surface area contributed by atoms with E-state index < -0.39 is 23.3 Å². The highest BCUT2D eigenvalue weighted by atomic mass is 19.4. The molecule has 0 atom stereocenters. The van der Waals surface area contributed by atoms with Gasteiger partial charge in [0.2, 0.25) is 0 Å². The number of rotatable bonds is 6. The molecule has 2 bridgehead atoms. The Morgan fingerprint density at radius 2 is 1.76 bits per heavy atom. The zero-order valence-corrected chi connectivity index (χ0v) is 20.9. The minimum atomic E-state index is -4.51. The number of piperidine rings is 1. The SMILES string of the molecule is O=C(O)C12CCC(COC3CCN(c4ccc(-c5nc6ccc(C(F)(F)F)nc6[nH]5)cn4)CC3)(CC1)CC2. The van der Waals surface area contributed by atoms with E-state index in [1.807, 2.05) is 12.1 Å². The largest absolute Gasteiger partial charge is 0.481 e. The van der Waals surface area contributed by atoms with Crippen LogP contribution in [0.4, 0.5) is 19.0 Å². The molecule has 3 aromatic heterocycles. The van der Waals surface area contributed by atoms with Crippen molar-refractivity contribution >= 4 is 23.0 Å². The molecular weight excluding hydrogens is 499 g/mol. The standard InChI is InChI=1S/C27H30F3N5O3/c28-27(29,30)20-3-2-19-23(33-20)34-22(32-19)17-1-4-21(31-15-17)35-13-5-18(6-14-35)38-16-25-7-10-26(11-8-25,12-9-25)24(36)37/h1-4,15,18H,5-14,16H2,(H,36,37)(H,32,33,34). The van der Waals surface area contributed by atoms with Crippen LogP contribution in [0.3, 0.4) is 0 Å². The lowest BCUT2D eigenvalue weighted by Crippen LogP contribution is -2.48. The molecule has 2 N–H and O–H groups in total. The first-order valence-electron chi connectivity index (χ1n) is 13.2. The number of ether oxygens (including phenoxy) is 1. The smallest absolute Gasteiger partial charge is 0.433 e. The van der Waals surface area contributed by atoms with Gasteiger partial charge in [-0.2, -0.15) is 13.2 Å². The van der Waals surface area contributed by atoms with Gasteiger partial charge in [-0.05, 0) is 81.0 Å². The molecule has 8 nitrogen and oxygen atoms in total. The highest BCUT2D eigenvalue weighted by Crippen LogP contribution is 2.57. The average molecular weight is 530 g/mol. The number of nitrogens with one attached hydrogen (secondary N) is 1. The van der Waals surface area contributed by atoms with E-state index in [0.29, 0.717) is 16.9 Å². The summed E-state index contributed by atoms with van der Waals surface area (Å²) in [5.74, 6) is 0.627. The molecule has 3 aliphatic carbocycles. The van der Waals surface area contributed by atoms with E-state index in [9.17, 15) is 23.1 Å². The van der Waals surface area contributed by atoms with E-state index in [2.05, 4.69) is 24.8 Å². The Labute approximate surface area is 217 Å². The van der Waals surface area contributed by atoms with E-state index >= 15 is 0 Å². The van der Waals surface area contributed by atoms with Gasteiger partial charge in [-0.15, -0.1) is 0 Å². The minimum absolute atomic E-state index is 0.0863. The second-order valence-electron chi connectivity index (χ2n) is 11.1. The van der Waals surface area contributed by atoms with Crippen molar-refractivity contribution in [1.82, 2.24) is 19.9 Å². The molecule has 38 heavy (non-hydrogen) atoms. The summed E-state index contributed by atoms with van der Waals surface area (Å²) in [7, 11) is 0. The summed E-state index contributed by atoms with van der Waals surface area (Å²) in [6.45, 7) is 2.36. The first-order valence-corrected chi connectivity index (χ1v) is 13.2. The van der Waals surface area contributed by atoms with Crippen LogP contribution < -0.4 is 4.90 Å². The number of hydrogen-bond donors (Lipinski definition) is 2. The number of carboxylic acid groups (broad SMARTS) is 1. The minimum Gasteiger partial charge on any atom is -0.481 e. The van der Waals surface area contributed by atoms with Gasteiger partial charge >= 0.3 is 12.1 Å². The van der Waals surface area contributed by atoms with Crippen molar-refractivity contribution < 1.29 is 27.8 Å². The first-order chi connectivity index (χ1) is 18.1. The van der Waals surface area contributed by atoms with Gasteiger partial charge in [-0.1, -0.05) is 0 Å². The molecule has 1 aliphatic heterocycles. The summed E-state index contributed by atoms with van der Waals surface area (Å²) in [5, 5.41) is 9.60. The fourth-order valence-corrected chi connectivity index (χ4v) is 6.25. The predicted molar refractivity (Wildman–Crippen MR) is 134 cm³/mol. The van der Waals surface area contributed by atoms with Crippen LogP contribution in [-0.4, -0.2) is 56.8 Å². The molecule has 0 unspecified atom stereocenters. The number of imidazole rings is 1. The van der Waals surface area contributed by atoms with Crippen LogP contribution in [0, 0.1) is 10.8 Å². The van der Waals surface area contributed by atoms with Crippen LogP contribution in [0.5, 0.6) is 0 Å². The molecule has 1 saturated heterocycles. The van der Waals surface area contributed by atoms with Gasteiger partial charge in [0.25, 0.3) is 0 Å². The number of aliphatic carboxylic acids is 1. The molecule has 11 heteroatoms. The van der Waals surface area contributed by atoms with E-state index in [-0.39, 0.29) is 17.2 Å². The first kappa shape index (κ1) is 25.1. The maximum absolute atomic E-state index is 13.0. The Morgan fingerprint density at radius 3 is 2.37 bits per heavy atom. The molecule has 7 rings (SSSR count). The number of hydrogen-bond acceptors (Lipinski definition) is 6. The summed E-state index contributed by atoms with van der Waals surface area (Å²) in [6, 6.07) is 5.99. The lowest BCUT2D eigenvalue weighted by Gasteiger charge is -2.51. The summed E-state index contributed by atoms with van der Waals surface area (Å²) < 4.78 is 45.2. The Balaban J connectivity index is 1.03. The van der Waals surface area contributed by atoms with Gasteiger partial charge in [0.1, 0.15) is 22.9 Å². The van der Waals surface area contributed by atoms with Crippen LogP contribution in [0.25, 0.3) is 22.6 Å². The number of alkyl halides is 3. The Morgan fingerprint density at radius 1 is 1.05 bits per heavy atom. The van der Waals surface area contributed by atoms with E-state index in [4.69, 9.17) is 4.74 Å². The molecule has 3 aromatic rings. The normalized spacial score (nSPS) is 26.2. The maximum atomic E-state index is 13.0. The predicted octanol–water partition coefficient (Wildman–Crippen LogP) is 5.45. The number of pyridine rings is 2. The molecule has 0 spiro atoms. The van der Waals surface area contributed by atoms with Gasteiger partial charge in [0, 0.05) is 24.8 Å². The lowest BCUT2D eigenvalue weighted by molar-refractivity contribution is -0.162. The molecule has 202 valence electrons. The van der Waals surface area contributed by atoms with Crippen molar-refractivity contribution in [3.63, 3.8) is 0 Å². The van der Waals surface area contributed by atoms with Crippen LogP contribution in [0.15, 0.2) is 30.5 Å². The zero-order chi connectivity index (χ0) is 26.5. The number of fused-ring (bicyclic) bond motifs is 4. The molecule has 4 fully saturated rings. The zero-order valence-electron chi connectivity index (χ0n) is 20.9. The molecule has 0 aromatic carbocycles. The quantitative estimate of drug-likeness (QED) is 0.438. The van der Waals surface area contributed by atoms with Crippen molar-refractivity contribution in [3.05, 3.63) is 36.2 Å². The lowest BCUT2D eigenvalue weighted by atomic mass is 9.54. The summed E-state index contributed by atoms with van der Waals surface area (Å²) in [4.78, 5) is 29.3. The van der Waals surface area contributed by atoms with Gasteiger partial charge < -0.3 is 19.7 Å². The van der Waals surface area contributed by atoms with Crippen molar-refractivity contribution in [2.75, 3.05) is 24.6 Å². The molecule has 0 amide bonds. The second kappa shape index (κ2) is 9.21. The molecule has 4 heterocycles. The van der Waals surface area contributed by atoms with Gasteiger partial charge in [0.15, 0.2) is 5.65 Å². The summed E-state index contributed by atoms with van der Waals surface area (Å²) in [6.07, 6.45) is 4.28. The highest BCUT2D eigenvalue weighted by Gasteiger charge is 2.52. The fourth-order valence-electron chi connectivity index (χ4n) is 6.25. The van der Waals surface area contributed by atoms with Crippen molar-refractivity contribution in [2.24, 2.45) is 10.8 Å². The summed E-state index contributed by atoms with van der Waals surface area (Å²) in [5.41, 5.74) is -0.188. The van der Waals surface area contributed by atoms with Crippen molar-refractivity contribution in [2.45, 2.75) is 63.6 Å². The number of anilines is 1. The van der Waals surface area contributed by atoms with E-state index in [0.717, 1.165) is 82.9 Å². The Kier molecular flexibility index (Phi) is 6.08. The van der Waals surface area contributed by atoms with Crippen molar-refractivity contribution in [1.29, 1.82) is 0 Å². The van der Waals surface area contributed by atoms with Gasteiger partial charge in [-0.3, -0.25) is 4.79 Å². The monoisotopic (exact) mass is 529 g/mol. The molecular formula is C27H30F3N5O3. The van der Waals surface area contributed by atoms with Crippen LogP contribution >= 0.6 is 0 Å². The molecule has 4 aliphatic rings. The third-order valence-corrected chi connectivity index (χ3v) is 8.90. The topological polar surface area (TPSA) is 104 Å². The number of nitrogens with zero attached hydrogens (tertiary/aromatic N) is 4. The van der Waals surface area contributed by atoms with Crippen molar-refractivity contribution in [3.8, 4) is 11.4 Å². The number of carbonyl (C=O) groups is 1. The van der Waals surface area contributed by atoms with Gasteiger partial charge in [-0.25, -0.2) is 15.0 Å². The third-order valence-electron chi connectivity index (χ3n) is 8.90. The number of carboxylic acids is 1. The fraction of sp³-hybridized carbons (Fsp3) is 0.556. The van der Waals surface area contributed by atoms with Crippen LogP contribution in [-0.2, 0) is 15.7 Å². The van der Waals surface area contributed by atoms with E-state index in [1.165, 1.54) is 6.07 Å². The number of H-pyrrole nitrogens is 1. The Hall–Kier alpha value is -3.21. The number of aromatic amines is 1. The summed E-state index contributed by atoms with van der Waals surface area (Å²) >= 11 is 0. The molecule has 0 radical (unpaired) electrons. The van der Waals surface area contributed by atoms with E-state index in [1.54, 1.807) is 6.20 Å². The Bertz CT molecular complexity index is 1310.